The van der Waals surface area contributed by atoms with Crippen molar-refractivity contribution in [3.05, 3.63) is 47.4 Å². The third-order valence-corrected chi connectivity index (χ3v) is 3.70. The van der Waals surface area contributed by atoms with Gasteiger partial charge in [0.05, 0.1) is 0 Å². The number of halogens is 3. The van der Waals surface area contributed by atoms with E-state index in [9.17, 15) is 13.2 Å². The average molecular weight is 364 g/mol. The molecule has 0 aliphatic heterocycles. The number of fused-ring (bicyclic) bond motifs is 1. The molecule has 0 fully saturated rings. The van der Waals surface area contributed by atoms with Crippen LogP contribution in [0, 0.1) is 6.92 Å². The minimum atomic E-state index is -4.61. The van der Waals surface area contributed by atoms with Crippen molar-refractivity contribution in [1.82, 2.24) is 19.6 Å². The molecule has 0 atom stereocenters. The summed E-state index contributed by atoms with van der Waals surface area (Å²) in [6.07, 6.45) is -3.57. The van der Waals surface area contributed by atoms with E-state index >= 15 is 0 Å². The van der Waals surface area contributed by atoms with Crippen LogP contribution in [0.15, 0.2) is 30.3 Å². The number of aryl methyl sites for hydroxylation is 1. The molecule has 3 rings (SSSR count). The van der Waals surface area contributed by atoms with E-state index in [1.165, 1.54) is 0 Å². The summed E-state index contributed by atoms with van der Waals surface area (Å²) >= 11 is 0. The van der Waals surface area contributed by atoms with Crippen molar-refractivity contribution in [3.63, 3.8) is 0 Å². The summed E-state index contributed by atoms with van der Waals surface area (Å²) in [4.78, 5) is 7.47. The normalized spacial score (nSPS) is 11.7. The zero-order valence-electron chi connectivity index (χ0n) is 14.4. The van der Waals surface area contributed by atoms with Crippen LogP contribution in [-0.2, 0) is 12.7 Å². The minimum absolute atomic E-state index is 0.0843. The third kappa shape index (κ3) is 4.04. The summed E-state index contributed by atoms with van der Waals surface area (Å²) in [6, 6.07) is 9.49. The Hall–Kier alpha value is -2.84. The molecule has 0 radical (unpaired) electrons. The molecule has 0 saturated carbocycles. The van der Waals surface area contributed by atoms with E-state index in [-0.39, 0.29) is 5.78 Å². The Morgan fingerprint density at radius 3 is 2.46 bits per heavy atom. The Balaban J connectivity index is 1.79. The molecule has 2 aromatic heterocycles. The van der Waals surface area contributed by atoms with Crippen molar-refractivity contribution in [2.24, 2.45) is 0 Å². The molecule has 0 saturated heterocycles. The first kappa shape index (κ1) is 18.0. The molecule has 3 aromatic rings. The van der Waals surface area contributed by atoms with E-state index in [1.54, 1.807) is 13.0 Å². The largest absolute Gasteiger partial charge is 0.453 e. The van der Waals surface area contributed by atoms with Crippen LogP contribution in [0.5, 0.6) is 0 Å². The molecule has 138 valence electrons. The second kappa shape index (κ2) is 7.19. The molecule has 0 aliphatic rings. The summed E-state index contributed by atoms with van der Waals surface area (Å²) in [5.74, 6) is -0.882. The highest BCUT2D eigenvalue weighted by Gasteiger charge is 2.36. The standard InChI is InChI=1S/C17H19F3N6/c1-3-8-21-13-6-4-12(5-7-13)10-22-14-9-11(2)23-16-24-15(17(18,19)20)25-26(14)16/h4-7,9,21-22H,3,8,10H2,1-2H3. The lowest BCUT2D eigenvalue weighted by Gasteiger charge is -2.10. The van der Waals surface area contributed by atoms with Crippen molar-refractivity contribution < 1.29 is 13.2 Å². The fourth-order valence-corrected chi connectivity index (χ4v) is 2.44. The maximum Gasteiger partial charge on any atom is 0.453 e. The second-order valence-corrected chi connectivity index (χ2v) is 5.90. The predicted octanol–water partition coefficient (Wildman–Crippen LogP) is 3.89. The molecule has 0 bridgehead atoms. The predicted molar refractivity (Wildman–Crippen MR) is 93.1 cm³/mol. The van der Waals surface area contributed by atoms with Crippen LogP contribution in [0.25, 0.3) is 5.78 Å². The first-order valence-corrected chi connectivity index (χ1v) is 8.25. The molecule has 2 N–H and O–H groups in total. The highest BCUT2D eigenvalue weighted by atomic mass is 19.4. The lowest BCUT2D eigenvalue weighted by atomic mass is 10.2. The van der Waals surface area contributed by atoms with Gasteiger partial charge in [-0.1, -0.05) is 19.1 Å². The molecule has 9 heteroatoms. The maximum atomic E-state index is 12.8. The molecule has 0 spiro atoms. The lowest BCUT2D eigenvalue weighted by Crippen LogP contribution is -2.09. The molecule has 2 heterocycles. The molecule has 6 nitrogen and oxygen atoms in total. The first-order chi connectivity index (χ1) is 12.4. The van der Waals surface area contributed by atoms with Gasteiger partial charge in [-0.2, -0.15) is 22.7 Å². The fourth-order valence-electron chi connectivity index (χ4n) is 2.44. The molecule has 1 aromatic carbocycles. The number of aromatic nitrogens is 4. The zero-order chi connectivity index (χ0) is 18.7. The molecule has 0 unspecified atom stereocenters. The number of nitrogens with zero attached hydrogens (tertiary/aromatic N) is 4. The maximum absolute atomic E-state index is 12.8. The van der Waals surface area contributed by atoms with Crippen LogP contribution < -0.4 is 10.6 Å². The summed E-state index contributed by atoms with van der Waals surface area (Å²) < 4.78 is 39.6. The quantitative estimate of drug-likeness (QED) is 0.695. The fraction of sp³-hybridized carbons (Fsp3) is 0.353. The van der Waals surface area contributed by atoms with E-state index in [1.807, 2.05) is 24.3 Å². The highest BCUT2D eigenvalue weighted by Crippen LogP contribution is 2.27. The molecular weight excluding hydrogens is 345 g/mol. The molecule has 0 amide bonds. The number of alkyl halides is 3. The van der Waals surface area contributed by atoms with Crippen molar-refractivity contribution in [3.8, 4) is 0 Å². The van der Waals surface area contributed by atoms with Gasteiger partial charge in [0, 0.05) is 30.5 Å². The summed E-state index contributed by atoms with van der Waals surface area (Å²) in [5, 5.41) is 9.92. The smallest absolute Gasteiger partial charge is 0.385 e. The van der Waals surface area contributed by atoms with Crippen LogP contribution in [-0.4, -0.2) is 26.1 Å². The van der Waals surface area contributed by atoms with E-state index in [4.69, 9.17) is 0 Å². The highest BCUT2D eigenvalue weighted by molar-refractivity contribution is 5.48. The molecular formula is C17H19F3N6. The van der Waals surface area contributed by atoms with Gasteiger partial charge in [-0.3, -0.25) is 0 Å². The summed E-state index contributed by atoms with van der Waals surface area (Å²) in [6.45, 7) is 5.13. The Kier molecular flexibility index (Phi) is 4.97. The van der Waals surface area contributed by atoms with Gasteiger partial charge in [0.15, 0.2) is 0 Å². The van der Waals surface area contributed by atoms with E-state index in [0.717, 1.165) is 28.7 Å². The molecule has 0 aliphatic carbocycles. The lowest BCUT2D eigenvalue weighted by molar-refractivity contribution is -0.144. The average Bonchev–Trinajstić information content (AvgIpc) is 3.03. The SMILES string of the molecule is CCCNc1ccc(CNc2cc(C)nc3nc(C(F)(F)F)nn23)cc1. The minimum Gasteiger partial charge on any atom is -0.385 e. The summed E-state index contributed by atoms with van der Waals surface area (Å²) in [7, 11) is 0. The Labute approximate surface area is 148 Å². The number of rotatable bonds is 6. The van der Waals surface area contributed by atoms with Crippen molar-refractivity contribution in [1.29, 1.82) is 0 Å². The van der Waals surface area contributed by atoms with Gasteiger partial charge in [-0.25, -0.2) is 4.98 Å². The second-order valence-electron chi connectivity index (χ2n) is 5.90. The van der Waals surface area contributed by atoms with Gasteiger partial charge in [0.2, 0.25) is 0 Å². The first-order valence-electron chi connectivity index (χ1n) is 8.25. The monoisotopic (exact) mass is 364 g/mol. The number of benzene rings is 1. The van der Waals surface area contributed by atoms with Crippen molar-refractivity contribution in [2.75, 3.05) is 17.2 Å². The third-order valence-electron chi connectivity index (χ3n) is 3.70. The van der Waals surface area contributed by atoms with Gasteiger partial charge in [0.25, 0.3) is 11.6 Å². The van der Waals surface area contributed by atoms with Gasteiger partial charge in [-0.05, 0) is 31.0 Å². The van der Waals surface area contributed by atoms with Gasteiger partial charge >= 0.3 is 6.18 Å². The van der Waals surface area contributed by atoms with Crippen LogP contribution in [0.1, 0.15) is 30.4 Å². The number of anilines is 2. The summed E-state index contributed by atoms with van der Waals surface area (Å²) in [5.41, 5.74) is 2.58. The van der Waals surface area contributed by atoms with Crippen LogP contribution in [0.4, 0.5) is 24.7 Å². The van der Waals surface area contributed by atoms with E-state index in [0.29, 0.717) is 18.1 Å². The van der Waals surface area contributed by atoms with Crippen molar-refractivity contribution >= 4 is 17.3 Å². The Morgan fingerprint density at radius 1 is 1.08 bits per heavy atom. The zero-order valence-corrected chi connectivity index (χ0v) is 14.4. The van der Waals surface area contributed by atoms with Crippen molar-refractivity contribution in [2.45, 2.75) is 33.0 Å². The van der Waals surface area contributed by atoms with Gasteiger partial charge in [0.1, 0.15) is 5.82 Å². The topological polar surface area (TPSA) is 67.1 Å². The number of nitrogens with one attached hydrogen (secondary N) is 2. The Morgan fingerprint density at radius 2 is 1.81 bits per heavy atom. The molecule has 26 heavy (non-hydrogen) atoms. The van der Waals surface area contributed by atoms with Gasteiger partial charge < -0.3 is 10.6 Å². The van der Waals surface area contributed by atoms with Gasteiger partial charge in [-0.15, -0.1) is 5.10 Å². The van der Waals surface area contributed by atoms with Crippen LogP contribution in [0.2, 0.25) is 0 Å². The number of hydrogen-bond acceptors (Lipinski definition) is 5. The van der Waals surface area contributed by atoms with Crippen LogP contribution in [0.3, 0.4) is 0 Å². The van der Waals surface area contributed by atoms with Crippen LogP contribution >= 0.6 is 0 Å². The Bertz CT molecular complexity index is 886. The van der Waals surface area contributed by atoms with E-state index in [2.05, 4.69) is 32.6 Å². The number of hydrogen-bond donors (Lipinski definition) is 2. The van der Waals surface area contributed by atoms with E-state index < -0.39 is 12.0 Å².